The van der Waals surface area contributed by atoms with Gasteiger partial charge >= 0.3 is 0 Å². The third-order valence-corrected chi connectivity index (χ3v) is 2.32. The van der Waals surface area contributed by atoms with Gasteiger partial charge in [0, 0.05) is 12.5 Å². The Morgan fingerprint density at radius 2 is 2.14 bits per heavy atom. The first kappa shape index (κ1) is 11.3. The lowest BCUT2D eigenvalue weighted by atomic mass is 10.1. The van der Waals surface area contributed by atoms with Gasteiger partial charge in [-0.25, -0.2) is 0 Å². The van der Waals surface area contributed by atoms with Crippen LogP contribution in [0.1, 0.15) is 31.4 Å². The van der Waals surface area contributed by atoms with Gasteiger partial charge in [0.25, 0.3) is 0 Å². The molecule has 0 saturated carbocycles. The van der Waals surface area contributed by atoms with Gasteiger partial charge in [-0.15, -0.1) is 0 Å². The number of hydrogen-bond donors (Lipinski definition) is 2. The average molecular weight is 196 g/mol. The van der Waals surface area contributed by atoms with Crippen molar-refractivity contribution >= 4 is 0 Å². The predicted octanol–water partition coefficient (Wildman–Crippen LogP) is 1.67. The third kappa shape index (κ3) is 4.44. The molecule has 0 radical (unpaired) electrons. The van der Waals surface area contributed by atoms with Gasteiger partial charge in [0.2, 0.25) is 0 Å². The summed E-state index contributed by atoms with van der Waals surface area (Å²) >= 11 is 0. The molecule has 0 amide bonds. The maximum atomic E-state index is 5.96. The number of hydrogen-bond acceptors (Lipinski definition) is 3. The largest absolute Gasteiger partial charge is 0.469 e. The second-order valence-corrected chi connectivity index (χ2v) is 3.68. The standard InChI is InChI=1S/C11H20N2O/c12-7-3-1-2-5-10(13)9-11-6-4-8-14-11/h4,6,8,10H,1-3,5,7,9,12-13H2. The molecule has 0 bridgehead atoms. The maximum Gasteiger partial charge on any atom is 0.105 e. The van der Waals surface area contributed by atoms with Crippen molar-refractivity contribution in [3.8, 4) is 0 Å². The van der Waals surface area contributed by atoms with Gasteiger partial charge in [0.1, 0.15) is 5.76 Å². The molecule has 0 fully saturated rings. The second kappa shape index (κ2) is 6.62. The summed E-state index contributed by atoms with van der Waals surface area (Å²) in [7, 11) is 0. The highest BCUT2D eigenvalue weighted by Crippen LogP contribution is 2.08. The van der Waals surface area contributed by atoms with Crippen LogP contribution in [0.15, 0.2) is 22.8 Å². The van der Waals surface area contributed by atoms with E-state index < -0.39 is 0 Å². The summed E-state index contributed by atoms with van der Waals surface area (Å²) in [6.45, 7) is 0.785. The molecule has 1 aromatic heterocycles. The van der Waals surface area contributed by atoms with Gasteiger partial charge < -0.3 is 15.9 Å². The average Bonchev–Trinajstić information content (AvgIpc) is 2.65. The van der Waals surface area contributed by atoms with Crippen LogP contribution in [0.3, 0.4) is 0 Å². The lowest BCUT2D eigenvalue weighted by Crippen LogP contribution is -2.22. The molecule has 3 heteroatoms. The Balaban J connectivity index is 2.07. The summed E-state index contributed by atoms with van der Waals surface area (Å²) in [5.41, 5.74) is 11.4. The van der Waals surface area contributed by atoms with Crippen LogP contribution in [0.25, 0.3) is 0 Å². The highest BCUT2D eigenvalue weighted by molar-refractivity contribution is 4.99. The van der Waals surface area contributed by atoms with Crippen molar-refractivity contribution in [1.82, 2.24) is 0 Å². The fourth-order valence-corrected chi connectivity index (χ4v) is 1.52. The van der Waals surface area contributed by atoms with Crippen molar-refractivity contribution in [1.29, 1.82) is 0 Å². The van der Waals surface area contributed by atoms with E-state index in [1.54, 1.807) is 6.26 Å². The molecule has 0 aliphatic heterocycles. The van der Waals surface area contributed by atoms with Crippen LogP contribution in [0.5, 0.6) is 0 Å². The second-order valence-electron chi connectivity index (χ2n) is 3.68. The first-order valence-corrected chi connectivity index (χ1v) is 5.31. The Hall–Kier alpha value is -0.800. The molecule has 0 aromatic carbocycles. The Morgan fingerprint density at radius 3 is 2.79 bits per heavy atom. The van der Waals surface area contributed by atoms with Crippen molar-refractivity contribution in [2.45, 2.75) is 38.1 Å². The van der Waals surface area contributed by atoms with E-state index in [1.807, 2.05) is 12.1 Å². The minimum Gasteiger partial charge on any atom is -0.469 e. The summed E-state index contributed by atoms with van der Waals surface area (Å²) in [6, 6.07) is 4.09. The Labute approximate surface area is 85.5 Å². The van der Waals surface area contributed by atoms with Crippen LogP contribution in [0, 0.1) is 0 Å². The van der Waals surface area contributed by atoms with E-state index in [2.05, 4.69) is 0 Å². The number of unbranched alkanes of at least 4 members (excludes halogenated alkanes) is 2. The molecule has 1 heterocycles. The van der Waals surface area contributed by atoms with E-state index in [0.717, 1.165) is 31.6 Å². The molecule has 0 spiro atoms. The minimum absolute atomic E-state index is 0.221. The first-order chi connectivity index (χ1) is 6.83. The Kier molecular flexibility index (Phi) is 5.33. The van der Waals surface area contributed by atoms with Crippen molar-refractivity contribution in [3.05, 3.63) is 24.2 Å². The van der Waals surface area contributed by atoms with E-state index in [0.29, 0.717) is 0 Å². The van der Waals surface area contributed by atoms with E-state index in [1.165, 1.54) is 12.8 Å². The number of rotatable bonds is 7. The van der Waals surface area contributed by atoms with Crippen LogP contribution in [-0.4, -0.2) is 12.6 Å². The molecule has 0 saturated heterocycles. The lowest BCUT2D eigenvalue weighted by Gasteiger charge is -2.08. The zero-order valence-corrected chi connectivity index (χ0v) is 8.61. The molecule has 0 aliphatic carbocycles. The maximum absolute atomic E-state index is 5.96. The molecule has 0 aliphatic rings. The van der Waals surface area contributed by atoms with Crippen molar-refractivity contribution < 1.29 is 4.42 Å². The van der Waals surface area contributed by atoms with Crippen molar-refractivity contribution in [2.24, 2.45) is 11.5 Å². The van der Waals surface area contributed by atoms with Crippen LogP contribution in [-0.2, 0) is 6.42 Å². The molecular weight excluding hydrogens is 176 g/mol. The molecule has 1 aromatic rings. The molecule has 1 rings (SSSR count). The third-order valence-electron chi connectivity index (χ3n) is 2.32. The SMILES string of the molecule is NCCCCCC(N)Cc1ccco1. The van der Waals surface area contributed by atoms with E-state index in [9.17, 15) is 0 Å². The zero-order valence-electron chi connectivity index (χ0n) is 8.61. The fraction of sp³-hybridized carbons (Fsp3) is 0.636. The predicted molar refractivity (Wildman–Crippen MR) is 57.9 cm³/mol. The van der Waals surface area contributed by atoms with Gasteiger partial charge in [-0.1, -0.05) is 12.8 Å². The number of furan rings is 1. The lowest BCUT2D eigenvalue weighted by molar-refractivity contribution is 0.464. The van der Waals surface area contributed by atoms with Crippen LogP contribution >= 0.6 is 0 Å². The molecular formula is C11H20N2O. The van der Waals surface area contributed by atoms with Gasteiger partial charge in [0.05, 0.1) is 6.26 Å². The van der Waals surface area contributed by atoms with Crippen LogP contribution in [0.2, 0.25) is 0 Å². The summed E-state index contributed by atoms with van der Waals surface area (Å²) in [6.07, 6.45) is 7.04. The number of nitrogens with two attached hydrogens (primary N) is 2. The monoisotopic (exact) mass is 196 g/mol. The Morgan fingerprint density at radius 1 is 1.29 bits per heavy atom. The van der Waals surface area contributed by atoms with Gasteiger partial charge in [0.15, 0.2) is 0 Å². The van der Waals surface area contributed by atoms with Crippen molar-refractivity contribution in [3.63, 3.8) is 0 Å². The highest BCUT2D eigenvalue weighted by atomic mass is 16.3. The molecule has 1 unspecified atom stereocenters. The van der Waals surface area contributed by atoms with Crippen molar-refractivity contribution in [2.75, 3.05) is 6.54 Å². The van der Waals surface area contributed by atoms with Gasteiger partial charge in [-0.05, 0) is 31.5 Å². The smallest absolute Gasteiger partial charge is 0.105 e. The topological polar surface area (TPSA) is 65.2 Å². The quantitative estimate of drug-likeness (QED) is 0.652. The Bertz CT molecular complexity index is 221. The normalized spacial score (nSPS) is 13.0. The minimum atomic E-state index is 0.221. The fourth-order valence-electron chi connectivity index (χ4n) is 1.52. The zero-order chi connectivity index (χ0) is 10.2. The highest BCUT2D eigenvalue weighted by Gasteiger charge is 2.05. The summed E-state index contributed by atoms with van der Waals surface area (Å²) in [4.78, 5) is 0. The molecule has 3 nitrogen and oxygen atoms in total. The molecule has 4 N–H and O–H groups in total. The van der Waals surface area contributed by atoms with E-state index in [-0.39, 0.29) is 6.04 Å². The molecule has 80 valence electrons. The summed E-state index contributed by atoms with van der Waals surface area (Å²) in [5, 5.41) is 0. The molecule has 14 heavy (non-hydrogen) atoms. The van der Waals surface area contributed by atoms with E-state index in [4.69, 9.17) is 15.9 Å². The van der Waals surface area contributed by atoms with Crippen LogP contribution < -0.4 is 11.5 Å². The van der Waals surface area contributed by atoms with Gasteiger partial charge in [-0.2, -0.15) is 0 Å². The van der Waals surface area contributed by atoms with Crippen LogP contribution in [0.4, 0.5) is 0 Å². The molecule has 1 atom stereocenters. The summed E-state index contributed by atoms with van der Waals surface area (Å²) < 4.78 is 5.23. The van der Waals surface area contributed by atoms with E-state index >= 15 is 0 Å². The summed E-state index contributed by atoms with van der Waals surface area (Å²) in [5.74, 6) is 0.983. The van der Waals surface area contributed by atoms with Gasteiger partial charge in [-0.3, -0.25) is 0 Å². The first-order valence-electron chi connectivity index (χ1n) is 5.31.